The highest BCUT2D eigenvalue weighted by atomic mass is 19.1. The van der Waals surface area contributed by atoms with Crippen LogP contribution >= 0.6 is 0 Å². The van der Waals surface area contributed by atoms with Gasteiger partial charge in [0.25, 0.3) is 0 Å². The molecule has 2 aromatic carbocycles. The van der Waals surface area contributed by atoms with Crippen molar-refractivity contribution in [3.63, 3.8) is 0 Å². The van der Waals surface area contributed by atoms with Gasteiger partial charge in [0.2, 0.25) is 5.91 Å². The Hall–Kier alpha value is -3.15. The number of carbonyl (C=O) groups excluding carboxylic acids is 2. The molecule has 1 amide bonds. The molecular weight excluding hydrogens is 397 g/mol. The van der Waals surface area contributed by atoms with Gasteiger partial charge in [0.05, 0.1) is 25.8 Å². The molecule has 0 aromatic heterocycles. The highest BCUT2D eigenvalue weighted by Crippen LogP contribution is 2.38. The minimum Gasteiger partial charge on any atom is -0.497 e. The Morgan fingerprint density at radius 3 is 2.52 bits per heavy atom. The molecule has 5 nitrogen and oxygen atoms in total. The molecule has 0 spiro atoms. The van der Waals surface area contributed by atoms with Gasteiger partial charge < -0.3 is 14.4 Å². The Balaban J connectivity index is 1.99. The van der Waals surface area contributed by atoms with E-state index in [0.29, 0.717) is 29.2 Å². The predicted octanol–water partition coefficient (Wildman–Crippen LogP) is 4.82. The summed E-state index contributed by atoms with van der Waals surface area (Å²) in [6.07, 6.45) is 0.130. The average Bonchev–Trinajstić information content (AvgIpc) is 2.74. The van der Waals surface area contributed by atoms with Crippen LogP contribution in [-0.4, -0.2) is 30.5 Å². The van der Waals surface area contributed by atoms with Crippen molar-refractivity contribution in [2.24, 2.45) is 5.92 Å². The number of nitrogens with zero attached hydrogens (tertiary/aromatic N) is 1. The molecule has 0 aliphatic carbocycles. The molecule has 1 aliphatic rings. The van der Waals surface area contributed by atoms with Crippen LogP contribution in [0.15, 0.2) is 59.8 Å². The zero-order valence-electron chi connectivity index (χ0n) is 18.4. The first-order valence-corrected chi connectivity index (χ1v) is 10.4. The summed E-state index contributed by atoms with van der Waals surface area (Å²) >= 11 is 0. The van der Waals surface area contributed by atoms with E-state index in [1.165, 1.54) is 12.1 Å². The number of benzene rings is 2. The molecule has 1 unspecified atom stereocenters. The van der Waals surface area contributed by atoms with Crippen LogP contribution < -0.4 is 4.74 Å². The molecule has 1 aliphatic heterocycles. The average molecular weight is 426 g/mol. The number of hydrogen-bond acceptors (Lipinski definition) is 4. The predicted molar refractivity (Wildman–Crippen MR) is 116 cm³/mol. The normalized spacial score (nSPS) is 16.6. The molecule has 0 bridgehead atoms. The summed E-state index contributed by atoms with van der Waals surface area (Å²) in [6.45, 7) is 6.17. The van der Waals surface area contributed by atoms with Crippen LogP contribution in [0.2, 0.25) is 0 Å². The van der Waals surface area contributed by atoms with Gasteiger partial charge in [-0.2, -0.15) is 0 Å². The molecule has 0 saturated carbocycles. The summed E-state index contributed by atoms with van der Waals surface area (Å²) < 4.78 is 24.4. The van der Waals surface area contributed by atoms with Crippen molar-refractivity contribution >= 4 is 11.9 Å². The Bertz CT molecular complexity index is 981. The summed E-state index contributed by atoms with van der Waals surface area (Å²) in [5.41, 5.74) is 2.50. The van der Waals surface area contributed by atoms with Crippen molar-refractivity contribution in [2.45, 2.75) is 39.7 Å². The lowest BCUT2D eigenvalue weighted by Crippen LogP contribution is -2.38. The molecule has 31 heavy (non-hydrogen) atoms. The third kappa shape index (κ3) is 5.32. The second-order valence-corrected chi connectivity index (χ2v) is 8.13. The quantitative estimate of drug-likeness (QED) is 0.597. The number of esters is 1. The zero-order chi connectivity index (χ0) is 22.5. The third-order valence-corrected chi connectivity index (χ3v) is 5.34. The second-order valence-electron chi connectivity index (χ2n) is 8.13. The Labute approximate surface area is 182 Å². The lowest BCUT2D eigenvalue weighted by molar-refractivity contribution is -0.141. The first kappa shape index (κ1) is 22.5. The molecule has 1 atom stereocenters. The molecule has 6 heteroatoms. The number of hydrogen-bond donors (Lipinski definition) is 0. The van der Waals surface area contributed by atoms with Gasteiger partial charge in [0.15, 0.2) is 0 Å². The van der Waals surface area contributed by atoms with E-state index in [2.05, 4.69) is 0 Å². The molecular formula is C25H28FNO4. The van der Waals surface area contributed by atoms with E-state index in [1.807, 2.05) is 38.1 Å². The van der Waals surface area contributed by atoms with Crippen molar-refractivity contribution in [3.8, 4) is 5.75 Å². The minimum absolute atomic E-state index is 0.122. The molecule has 0 saturated heterocycles. The fraction of sp³-hybridized carbons (Fsp3) is 0.360. The standard InChI is InChI=1S/C25H28FNO4/c1-16(2)15-31-25(29)24-17(3)27(14-18-6-5-7-20(26)12-18)23(28)13-22(24)19-8-10-21(30-4)11-9-19/h5-12,16,22H,13-15H2,1-4H3. The number of amides is 1. The minimum atomic E-state index is -0.427. The van der Waals surface area contributed by atoms with Crippen molar-refractivity contribution in [2.75, 3.05) is 13.7 Å². The molecule has 1 heterocycles. The van der Waals surface area contributed by atoms with E-state index in [0.717, 1.165) is 5.56 Å². The van der Waals surface area contributed by atoms with Crippen molar-refractivity contribution in [3.05, 3.63) is 76.7 Å². The summed E-state index contributed by atoms with van der Waals surface area (Å²) in [5.74, 6) is -0.439. The first-order chi connectivity index (χ1) is 14.8. The Kier molecular flexibility index (Phi) is 7.10. The van der Waals surface area contributed by atoms with Crippen LogP contribution in [0, 0.1) is 11.7 Å². The number of ether oxygens (including phenoxy) is 2. The maximum absolute atomic E-state index is 13.6. The number of allylic oxidation sites excluding steroid dienone is 1. The van der Waals surface area contributed by atoms with Gasteiger partial charge in [0.1, 0.15) is 11.6 Å². The SMILES string of the molecule is COc1ccc(C2CC(=O)N(Cc3cccc(F)c3)C(C)=C2C(=O)OCC(C)C)cc1. The monoisotopic (exact) mass is 425 g/mol. The van der Waals surface area contributed by atoms with Crippen molar-refractivity contribution < 1.29 is 23.5 Å². The zero-order valence-corrected chi connectivity index (χ0v) is 18.4. The van der Waals surface area contributed by atoms with E-state index in [-0.39, 0.29) is 30.6 Å². The lowest BCUT2D eigenvalue weighted by Gasteiger charge is -2.34. The van der Waals surface area contributed by atoms with Crippen LogP contribution in [0.5, 0.6) is 5.75 Å². The topological polar surface area (TPSA) is 55.8 Å². The largest absolute Gasteiger partial charge is 0.497 e. The Morgan fingerprint density at radius 1 is 1.19 bits per heavy atom. The van der Waals surface area contributed by atoms with Gasteiger partial charge in [-0.3, -0.25) is 4.79 Å². The summed E-state index contributed by atoms with van der Waals surface area (Å²) in [4.78, 5) is 27.7. The van der Waals surface area contributed by atoms with Crippen molar-refractivity contribution in [1.29, 1.82) is 0 Å². The van der Waals surface area contributed by atoms with E-state index >= 15 is 0 Å². The van der Waals surface area contributed by atoms with Gasteiger partial charge in [0, 0.05) is 18.0 Å². The summed E-state index contributed by atoms with van der Waals surface area (Å²) in [5, 5.41) is 0. The lowest BCUT2D eigenvalue weighted by atomic mass is 9.83. The summed E-state index contributed by atoms with van der Waals surface area (Å²) in [6, 6.07) is 13.5. The number of methoxy groups -OCH3 is 1. The van der Waals surface area contributed by atoms with Crippen molar-refractivity contribution in [1.82, 2.24) is 4.90 Å². The highest BCUT2D eigenvalue weighted by Gasteiger charge is 2.37. The van der Waals surface area contributed by atoms with Crippen LogP contribution in [0.25, 0.3) is 0 Å². The van der Waals surface area contributed by atoms with Crippen LogP contribution in [0.1, 0.15) is 44.2 Å². The van der Waals surface area contributed by atoms with Gasteiger partial charge in [-0.1, -0.05) is 38.1 Å². The molecule has 2 aromatic rings. The van der Waals surface area contributed by atoms with E-state index in [9.17, 15) is 14.0 Å². The molecule has 0 radical (unpaired) electrons. The summed E-state index contributed by atoms with van der Waals surface area (Å²) in [7, 11) is 1.59. The molecule has 0 N–H and O–H groups in total. The van der Waals surface area contributed by atoms with Crippen LogP contribution in [-0.2, 0) is 20.9 Å². The number of halogens is 1. The molecule has 0 fully saturated rings. The number of rotatable bonds is 7. The van der Waals surface area contributed by atoms with Gasteiger partial charge >= 0.3 is 5.97 Å². The second kappa shape index (κ2) is 9.77. The third-order valence-electron chi connectivity index (χ3n) is 5.34. The van der Waals surface area contributed by atoms with E-state index in [1.54, 1.807) is 31.1 Å². The number of carbonyl (C=O) groups is 2. The fourth-order valence-corrected chi connectivity index (χ4v) is 3.73. The van der Waals surface area contributed by atoms with Crippen LogP contribution in [0.3, 0.4) is 0 Å². The Morgan fingerprint density at radius 2 is 1.90 bits per heavy atom. The van der Waals surface area contributed by atoms with E-state index < -0.39 is 11.9 Å². The van der Waals surface area contributed by atoms with E-state index in [4.69, 9.17) is 9.47 Å². The van der Waals surface area contributed by atoms with Crippen LogP contribution in [0.4, 0.5) is 4.39 Å². The highest BCUT2D eigenvalue weighted by molar-refractivity contribution is 5.95. The van der Waals surface area contributed by atoms with Gasteiger partial charge in [-0.25, -0.2) is 9.18 Å². The molecule has 3 rings (SSSR count). The van der Waals surface area contributed by atoms with Gasteiger partial charge in [-0.15, -0.1) is 0 Å². The smallest absolute Gasteiger partial charge is 0.336 e. The van der Waals surface area contributed by atoms with Gasteiger partial charge in [-0.05, 0) is 48.2 Å². The fourth-order valence-electron chi connectivity index (χ4n) is 3.73. The first-order valence-electron chi connectivity index (χ1n) is 10.4. The molecule has 164 valence electrons. The maximum Gasteiger partial charge on any atom is 0.336 e. The maximum atomic E-state index is 13.6.